The second kappa shape index (κ2) is 8.79. The normalized spacial score (nSPS) is 17.8. The number of ether oxygens (including phenoxy) is 4. The molecule has 0 aliphatic carbocycles. The second-order valence-electron chi connectivity index (χ2n) is 7.47. The van der Waals surface area contributed by atoms with Crippen molar-refractivity contribution in [2.75, 3.05) is 34.1 Å². The van der Waals surface area contributed by atoms with Crippen molar-refractivity contribution in [2.45, 2.75) is 25.8 Å². The molecule has 2 aliphatic rings. The third kappa shape index (κ3) is 4.00. The SMILES string of the molecule is CCOc1ccc(C=CC(=O)C[C@@H]2c3c(cc4c(c3OC)OCO4)CCN2C)cc1. The number of hydrogen-bond acceptors (Lipinski definition) is 6. The molecule has 1 atom stereocenters. The number of methoxy groups -OCH3 is 1. The molecular weight excluding hydrogens is 382 g/mol. The molecule has 0 amide bonds. The van der Waals surface area contributed by atoms with Gasteiger partial charge in [0.25, 0.3) is 0 Å². The highest BCUT2D eigenvalue weighted by Gasteiger charge is 2.34. The minimum atomic E-state index is -0.0734. The van der Waals surface area contributed by atoms with E-state index in [9.17, 15) is 4.79 Å². The van der Waals surface area contributed by atoms with Crippen LogP contribution in [0.5, 0.6) is 23.0 Å². The summed E-state index contributed by atoms with van der Waals surface area (Å²) in [6, 6.07) is 9.66. The number of likely N-dealkylation sites (N-methyl/N-ethyl adjacent to an activating group) is 1. The Hall–Kier alpha value is -2.99. The number of ketones is 1. The maximum Gasteiger partial charge on any atom is 0.231 e. The molecule has 0 radical (unpaired) electrons. The van der Waals surface area contributed by atoms with E-state index < -0.39 is 0 Å². The van der Waals surface area contributed by atoms with Crippen molar-refractivity contribution < 1.29 is 23.7 Å². The van der Waals surface area contributed by atoms with Crippen LogP contribution < -0.4 is 18.9 Å². The first-order valence-corrected chi connectivity index (χ1v) is 10.2. The van der Waals surface area contributed by atoms with Crippen LogP contribution >= 0.6 is 0 Å². The topological polar surface area (TPSA) is 57.2 Å². The van der Waals surface area contributed by atoms with E-state index in [1.165, 1.54) is 0 Å². The molecule has 0 fully saturated rings. The predicted octanol–water partition coefficient (Wildman–Crippen LogP) is 4.02. The molecule has 0 bridgehead atoms. The number of carbonyl (C=O) groups excluding carboxylic acids is 1. The van der Waals surface area contributed by atoms with Crippen LogP contribution in [-0.2, 0) is 11.2 Å². The van der Waals surface area contributed by atoms with Gasteiger partial charge in [-0.3, -0.25) is 9.69 Å². The summed E-state index contributed by atoms with van der Waals surface area (Å²) in [7, 11) is 3.68. The summed E-state index contributed by atoms with van der Waals surface area (Å²) in [5, 5.41) is 0. The van der Waals surface area contributed by atoms with Gasteiger partial charge < -0.3 is 18.9 Å². The van der Waals surface area contributed by atoms with E-state index in [-0.39, 0.29) is 18.6 Å². The molecule has 2 aromatic carbocycles. The van der Waals surface area contributed by atoms with E-state index in [2.05, 4.69) is 4.90 Å². The summed E-state index contributed by atoms with van der Waals surface area (Å²) in [6.45, 7) is 3.65. The lowest BCUT2D eigenvalue weighted by atomic mass is 9.88. The number of allylic oxidation sites excluding steroid dienone is 1. The number of carbonyl (C=O) groups is 1. The fraction of sp³-hybridized carbons (Fsp3) is 0.375. The zero-order chi connectivity index (χ0) is 21.1. The van der Waals surface area contributed by atoms with Gasteiger partial charge in [0.05, 0.1) is 13.7 Å². The molecule has 2 aliphatic heterocycles. The first kappa shape index (κ1) is 20.3. The minimum absolute atomic E-state index is 0.0632. The van der Waals surface area contributed by atoms with Gasteiger partial charge in [-0.25, -0.2) is 0 Å². The minimum Gasteiger partial charge on any atom is -0.494 e. The highest BCUT2D eigenvalue weighted by molar-refractivity contribution is 5.94. The smallest absolute Gasteiger partial charge is 0.231 e. The largest absolute Gasteiger partial charge is 0.494 e. The number of nitrogens with zero attached hydrogens (tertiary/aromatic N) is 1. The van der Waals surface area contributed by atoms with Gasteiger partial charge in [0.2, 0.25) is 12.5 Å². The van der Waals surface area contributed by atoms with E-state index in [0.29, 0.717) is 24.5 Å². The monoisotopic (exact) mass is 409 g/mol. The Balaban J connectivity index is 1.54. The molecule has 0 aromatic heterocycles. The average Bonchev–Trinajstić information content (AvgIpc) is 3.22. The molecule has 0 unspecified atom stereocenters. The lowest BCUT2D eigenvalue weighted by Crippen LogP contribution is -2.33. The predicted molar refractivity (Wildman–Crippen MR) is 114 cm³/mol. The van der Waals surface area contributed by atoms with Crippen LogP contribution in [0.25, 0.3) is 6.08 Å². The Kier molecular flexibility index (Phi) is 5.95. The molecule has 4 rings (SSSR count). The summed E-state index contributed by atoms with van der Waals surface area (Å²) >= 11 is 0. The summed E-state index contributed by atoms with van der Waals surface area (Å²) in [6.07, 6.45) is 4.74. The molecule has 158 valence electrons. The second-order valence-corrected chi connectivity index (χ2v) is 7.47. The van der Waals surface area contributed by atoms with Gasteiger partial charge in [0, 0.05) is 24.6 Å². The van der Waals surface area contributed by atoms with Crippen LogP contribution in [0.4, 0.5) is 0 Å². The standard InChI is InChI=1S/C24H27NO5/c1-4-28-19-9-6-16(7-10-19)5-8-18(26)14-20-22-17(11-12-25(20)2)13-21-23(24(22)27-3)30-15-29-21/h5-10,13,20H,4,11-12,14-15H2,1-3H3/t20-/m1/s1. The summed E-state index contributed by atoms with van der Waals surface area (Å²) in [5.41, 5.74) is 3.14. The summed E-state index contributed by atoms with van der Waals surface area (Å²) in [4.78, 5) is 15.0. The average molecular weight is 409 g/mol. The van der Waals surface area contributed by atoms with E-state index in [1.54, 1.807) is 13.2 Å². The molecule has 0 spiro atoms. The molecule has 2 aromatic rings. The fourth-order valence-electron chi connectivity index (χ4n) is 4.07. The van der Waals surface area contributed by atoms with Crippen molar-refractivity contribution >= 4 is 11.9 Å². The summed E-state index contributed by atoms with van der Waals surface area (Å²) in [5.74, 6) is 2.92. The quantitative estimate of drug-likeness (QED) is 0.644. The maximum absolute atomic E-state index is 12.8. The Bertz CT molecular complexity index is 951. The van der Waals surface area contributed by atoms with Crippen molar-refractivity contribution in [3.05, 3.63) is 53.1 Å². The molecule has 6 nitrogen and oxygen atoms in total. The van der Waals surface area contributed by atoms with Crippen LogP contribution in [-0.4, -0.2) is 44.8 Å². The number of benzene rings is 2. The third-order valence-corrected chi connectivity index (χ3v) is 5.59. The lowest BCUT2D eigenvalue weighted by molar-refractivity contribution is -0.115. The highest BCUT2D eigenvalue weighted by atomic mass is 16.7. The third-order valence-electron chi connectivity index (χ3n) is 5.59. The fourth-order valence-corrected chi connectivity index (χ4v) is 4.07. The van der Waals surface area contributed by atoms with Crippen LogP contribution in [0.2, 0.25) is 0 Å². The zero-order valence-electron chi connectivity index (χ0n) is 17.6. The Morgan fingerprint density at radius 3 is 2.80 bits per heavy atom. The number of fused-ring (bicyclic) bond motifs is 2. The van der Waals surface area contributed by atoms with Crippen LogP contribution in [0, 0.1) is 0 Å². The van der Waals surface area contributed by atoms with Gasteiger partial charge in [-0.1, -0.05) is 18.2 Å². The van der Waals surface area contributed by atoms with Gasteiger partial charge in [0.1, 0.15) is 5.75 Å². The molecule has 0 saturated carbocycles. The van der Waals surface area contributed by atoms with Gasteiger partial charge >= 0.3 is 0 Å². The first-order chi connectivity index (χ1) is 14.6. The Morgan fingerprint density at radius 1 is 1.27 bits per heavy atom. The van der Waals surface area contributed by atoms with E-state index in [4.69, 9.17) is 18.9 Å². The summed E-state index contributed by atoms with van der Waals surface area (Å²) < 4.78 is 22.4. The van der Waals surface area contributed by atoms with Crippen molar-refractivity contribution in [2.24, 2.45) is 0 Å². The maximum atomic E-state index is 12.8. The first-order valence-electron chi connectivity index (χ1n) is 10.2. The van der Waals surface area contributed by atoms with Gasteiger partial charge in [0.15, 0.2) is 17.3 Å². The van der Waals surface area contributed by atoms with E-state index in [0.717, 1.165) is 41.2 Å². The molecule has 30 heavy (non-hydrogen) atoms. The molecule has 0 N–H and O–H groups in total. The van der Waals surface area contributed by atoms with E-state index in [1.807, 2.05) is 50.4 Å². The molecular formula is C24H27NO5. The van der Waals surface area contributed by atoms with Gasteiger partial charge in [-0.15, -0.1) is 0 Å². The van der Waals surface area contributed by atoms with Crippen LogP contribution in [0.3, 0.4) is 0 Å². The number of rotatable bonds is 7. The Morgan fingerprint density at radius 2 is 2.07 bits per heavy atom. The van der Waals surface area contributed by atoms with Crippen molar-refractivity contribution in [3.63, 3.8) is 0 Å². The molecule has 2 heterocycles. The lowest BCUT2D eigenvalue weighted by Gasteiger charge is -2.35. The van der Waals surface area contributed by atoms with Crippen molar-refractivity contribution in [1.82, 2.24) is 4.90 Å². The molecule has 6 heteroatoms. The van der Waals surface area contributed by atoms with Crippen molar-refractivity contribution in [3.8, 4) is 23.0 Å². The van der Waals surface area contributed by atoms with Gasteiger partial charge in [-0.2, -0.15) is 0 Å². The highest BCUT2D eigenvalue weighted by Crippen LogP contribution is 2.50. The Labute approximate surface area is 177 Å². The van der Waals surface area contributed by atoms with Crippen LogP contribution in [0.15, 0.2) is 36.4 Å². The zero-order valence-corrected chi connectivity index (χ0v) is 17.6. The van der Waals surface area contributed by atoms with E-state index >= 15 is 0 Å². The van der Waals surface area contributed by atoms with Crippen LogP contribution in [0.1, 0.15) is 36.1 Å². The molecule has 0 saturated heterocycles. The number of hydrogen-bond donors (Lipinski definition) is 0. The van der Waals surface area contributed by atoms with Gasteiger partial charge in [-0.05, 0) is 55.8 Å². The van der Waals surface area contributed by atoms with Crippen molar-refractivity contribution in [1.29, 1.82) is 0 Å².